The number of hydrogen-bond donors (Lipinski definition) is 1. The van der Waals surface area contributed by atoms with Crippen LogP contribution in [0.4, 0.5) is 0 Å². The average molecular weight is 278 g/mol. The van der Waals surface area contributed by atoms with Gasteiger partial charge >= 0.3 is 0 Å². The van der Waals surface area contributed by atoms with E-state index in [0.717, 1.165) is 27.6 Å². The standard InChI is InChI=1S/C18H18N2O/c1-20-16(11-12-19)17(13-7-3-2-4-8-13)14-9-5-6-10-15(14)18(20)21/h2-10H,11-12,19H2,1H3. The van der Waals surface area contributed by atoms with E-state index >= 15 is 0 Å². The van der Waals surface area contributed by atoms with Crippen molar-refractivity contribution in [3.63, 3.8) is 0 Å². The van der Waals surface area contributed by atoms with Gasteiger partial charge in [-0.05, 0) is 23.6 Å². The van der Waals surface area contributed by atoms with Crippen molar-refractivity contribution in [1.82, 2.24) is 4.57 Å². The van der Waals surface area contributed by atoms with E-state index in [4.69, 9.17) is 5.73 Å². The predicted octanol–water partition coefficient (Wildman–Crippen LogP) is 2.71. The minimum Gasteiger partial charge on any atom is -0.330 e. The SMILES string of the molecule is Cn1c(CCN)c(-c2ccccc2)c2ccccc2c1=O. The molecule has 106 valence electrons. The summed E-state index contributed by atoms with van der Waals surface area (Å²) in [4.78, 5) is 12.5. The van der Waals surface area contributed by atoms with Gasteiger partial charge in [-0.1, -0.05) is 48.5 Å². The number of rotatable bonds is 3. The summed E-state index contributed by atoms with van der Waals surface area (Å²) in [6.45, 7) is 0.519. The molecule has 3 heteroatoms. The van der Waals surface area contributed by atoms with Crippen LogP contribution in [-0.2, 0) is 13.5 Å². The Morgan fingerprint density at radius 2 is 1.57 bits per heavy atom. The number of benzene rings is 2. The molecule has 0 aliphatic carbocycles. The Morgan fingerprint density at radius 1 is 0.952 bits per heavy atom. The number of pyridine rings is 1. The molecule has 0 radical (unpaired) electrons. The van der Waals surface area contributed by atoms with Crippen molar-refractivity contribution in [3.8, 4) is 11.1 Å². The third-order valence-electron chi connectivity index (χ3n) is 3.87. The lowest BCUT2D eigenvalue weighted by Crippen LogP contribution is -2.23. The van der Waals surface area contributed by atoms with E-state index in [1.807, 2.05) is 49.5 Å². The molecule has 0 spiro atoms. The van der Waals surface area contributed by atoms with Gasteiger partial charge in [-0.15, -0.1) is 0 Å². The summed E-state index contributed by atoms with van der Waals surface area (Å²) in [5.74, 6) is 0. The Hall–Kier alpha value is -2.39. The molecule has 0 unspecified atom stereocenters. The zero-order chi connectivity index (χ0) is 14.8. The molecular formula is C18H18N2O. The number of aromatic nitrogens is 1. The number of hydrogen-bond acceptors (Lipinski definition) is 2. The van der Waals surface area contributed by atoms with E-state index in [1.165, 1.54) is 0 Å². The maximum atomic E-state index is 12.5. The van der Waals surface area contributed by atoms with E-state index in [-0.39, 0.29) is 5.56 Å². The maximum absolute atomic E-state index is 12.5. The van der Waals surface area contributed by atoms with Crippen molar-refractivity contribution < 1.29 is 0 Å². The first-order chi connectivity index (χ1) is 10.2. The Morgan fingerprint density at radius 3 is 2.24 bits per heavy atom. The van der Waals surface area contributed by atoms with Gasteiger partial charge in [-0.2, -0.15) is 0 Å². The molecule has 0 saturated heterocycles. The molecule has 0 fully saturated rings. The van der Waals surface area contributed by atoms with Crippen LogP contribution >= 0.6 is 0 Å². The molecule has 1 aromatic heterocycles. The van der Waals surface area contributed by atoms with Gasteiger partial charge in [0.25, 0.3) is 5.56 Å². The van der Waals surface area contributed by atoms with Crippen molar-refractivity contribution in [2.75, 3.05) is 6.54 Å². The second-order valence-corrected chi connectivity index (χ2v) is 5.14. The van der Waals surface area contributed by atoms with Crippen LogP contribution in [0.5, 0.6) is 0 Å². The summed E-state index contributed by atoms with van der Waals surface area (Å²) in [5.41, 5.74) is 9.01. The zero-order valence-electron chi connectivity index (χ0n) is 12.0. The Balaban J connectivity index is 2.47. The van der Waals surface area contributed by atoms with Crippen molar-refractivity contribution in [2.45, 2.75) is 6.42 Å². The van der Waals surface area contributed by atoms with Crippen LogP contribution in [-0.4, -0.2) is 11.1 Å². The Bertz CT molecular complexity index is 835. The highest BCUT2D eigenvalue weighted by Gasteiger charge is 2.15. The smallest absolute Gasteiger partial charge is 0.258 e. The van der Waals surface area contributed by atoms with Crippen molar-refractivity contribution in [1.29, 1.82) is 0 Å². The molecule has 1 heterocycles. The van der Waals surface area contributed by atoms with E-state index < -0.39 is 0 Å². The third kappa shape index (κ3) is 2.26. The van der Waals surface area contributed by atoms with E-state index in [2.05, 4.69) is 12.1 Å². The van der Waals surface area contributed by atoms with Gasteiger partial charge < -0.3 is 10.3 Å². The largest absolute Gasteiger partial charge is 0.330 e. The van der Waals surface area contributed by atoms with Crippen LogP contribution in [0, 0.1) is 0 Å². The van der Waals surface area contributed by atoms with Gasteiger partial charge in [0.15, 0.2) is 0 Å². The van der Waals surface area contributed by atoms with Gasteiger partial charge in [0, 0.05) is 30.1 Å². The van der Waals surface area contributed by atoms with Crippen LogP contribution in [0.25, 0.3) is 21.9 Å². The predicted molar refractivity (Wildman–Crippen MR) is 87.4 cm³/mol. The molecule has 3 aromatic rings. The summed E-state index contributed by atoms with van der Waals surface area (Å²) in [6, 6.07) is 18.0. The molecule has 0 atom stereocenters. The quantitative estimate of drug-likeness (QED) is 0.800. The highest BCUT2D eigenvalue weighted by molar-refractivity contribution is 5.97. The van der Waals surface area contributed by atoms with Crippen LogP contribution < -0.4 is 11.3 Å². The fraction of sp³-hybridized carbons (Fsp3) is 0.167. The first-order valence-electron chi connectivity index (χ1n) is 7.10. The summed E-state index contributed by atoms with van der Waals surface area (Å²) < 4.78 is 1.73. The minimum absolute atomic E-state index is 0.0359. The first kappa shape index (κ1) is 13.6. The van der Waals surface area contributed by atoms with Crippen LogP contribution in [0.2, 0.25) is 0 Å². The average Bonchev–Trinajstić information content (AvgIpc) is 2.54. The fourth-order valence-corrected chi connectivity index (χ4v) is 2.87. The molecule has 2 aromatic carbocycles. The Labute approximate surface area is 123 Å². The normalized spacial score (nSPS) is 11.0. The highest BCUT2D eigenvalue weighted by atomic mass is 16.1. The zero-order valence-corrected chi connectivity index (χ0v) is 12.0. The highest BCUT2D eigenvalue weighted by Crippen LogP contribution is 2.30. The Kier molecular flexibility index (Phi) is 3.59. The molecule has 0 saturated carbocycles. The molecule has 3 nitrogen and oxygen atoms in total. The molecule has 0 bridgehead atoms. The lowest BCUT2D eigenvalue weighted by molar-refractivity contribution is 0.772. The van der Waals surface area contributed by atoms with Gasteiger partial charge in [0.2, 0.25) is 0 Å². The lowest BCUT2D eigenvalue weighted by Gasteiger charge is -2.17. The van der Waals surface area contributed by atoms with Crippen molar-refractivity contribution in [3.05, 3.63) is 70.6 Å². The molecular weight excluding hydrogens is 260 g/mol. The third-order valence-corrected chi connectivity index (χ3v) is 3.87. The molecule has 0 aliphatic rings. The molecule has 0 aliphatic heterocycles. The second kappa shape index (κ2) is 5.54. The summed E-state index contributed by atoms with van der Waals surface area (Å²) in [5, 5.41) is 1.75. The van der Waals surface area contributed by atoms with Crippen molar-refractivity contribution >= 4 is 10.8 Å². The fourth-order valence-electron chi connectivity index (χ4n) is 2.87. The first-order valence-corrected chi connectivity index (χ1v) is 7.10. The van der Waals surface area contributed by atoms with E-state index in [1.54, 1.807) is 4.57 Å². The molecule has 3 rings (SSSR count). The van der Waals surface area contributed by atoms with E-state index in [9.17, 15) is 4.79 Å². The van der Waals surface area contributed by atoms with Gasteiger partial charge in [0.05, 0.1) is 0 Å². The number of nitrogens with zero attached hydrogens (tertiary/aromatic N) is 1. The van der Waals surface area contributed by atoms with Crippen LogP contribution in [0.3, 0.4) is 0 Å². The van der Waals surface area contributed by atoms with Crippen LogP contribution in [0.1, 0.15) is 5.69 Å². The topological polar surface area (TPSA) is 48.0 Å². The second-order valence-electron chi connectivity index (χ2n) is 5.14. The van der Waals surface area contributed by atoms with Gasteiger partial charge in [-0.25, -0.2) is 0 Å². The minimum atomic E-state index is 0.0359. The maximum Gasteiger partial charge on any atom is 0.258 e. The summed E-state index contributed by atoms with van der Waals surface area (Å²) in [6.07, 6.45) is 0.681. The summed E-state index contributed by atoms with van der Waals surface area (Å²) >= 11 is 0. The molecule has 0 amide bonds. The monoisotopic (exact) mass is 278 g/mol. The van der Waals surface area contributed by atoms with E-state index in [0.29, 0.717) is 13.0 Å². The van der Waals surface area contributed by atoms with Crippen LogP contribution in [0.15, 0.2) is 59.4 Å². The summed E-state index contributed by atoms with van der Waals surface area (Å²) in [7, 11) is 1.83. The number of nitrogens with two attached hydrogens (primary N) is 1. The van der Waals surface area contributed by atoms with Gasteiger partial charge in [-0.3, -0.25) is 4.79 Å². The molecule has 21 heavy (non-hydrogen) atoms. The van der Waals surface area contributed by atoms with Crippen molar-refractivity contribution in [2.24, 2.45) is 12.8 Å². The number of fused-ring (bicyclic) bond motifs is 1. The molecule has 2 N–H and O–H groups in total. The van der Waals surface area contributed by atoms with Gasteiger partial charge in [0.1, 0.15) is 0 Å². The lowest BCUT2D eigenvalue weighted by atomic mass is 9.95.